The zero-order valence-electron chi connectivity index (χ0n) is 39.8. The average molecular weight is 931 g/mol. The molecule has 2 heterocycles. The molecule has 11 aromatic carbocycles. The molecule has 0 N–H and O–H groups in total. The van der Waals surface area contributed by atoms with E-state index in [4.69, 9.17) is 15.0 Å². The Morgan fingerprint density at radius 3 is 0.726 bits per heavy atom. The van der Waals surface area contributed by atoms with E-state index >= 15 is 0 Å². The predicted octanol–water partition coefficient (Wildman–Crippen LogP) is 18.0. The first kappa shape index (κ1) is 43.3. The molecule has 342 valence electrons. The summed E-state index contributed by atoms with van der Waals surface area (Å²) in [5, 5.41) is 2.31. The van der Waals surface area contributed by atoms with Gasteiger partial charge in [0, 0.05) is 38.6 Å². The highest BCUT2D eigenvalue weighted by atomic mass is 15.0. The molecule has 73 heavy (non-hydrogen) atoms. The van der Waals surface area contributed by atoms with Crippen molar-refractivity contribution in [1.29, 1.82) is 0 Å². The Hall–Kier alpha value is -9.77. The van der Waals surface area contributed by atoms with Gasteiger partial charge in [-0.15, -0.1) is 0 Å². The highest BCUT2D eigenvalue weighted by Crippen LogP contribution is 2.48. The number of benzene rings is 11. The first-order valence-corrected chi connectivity index (χ1v) is 24.8. The van der Waals surface area contributed by atoms with Crippen LogP contribution in [0.3, 0.4) is 0 Å². The Morgan fingerprint density at radius 2 is 0.438 bits per heavy atom. The normalized spacial score (nSPS) is 11.3. The molecule has 4 nitrogen and oxygen atoms in total. The molecule has 0 saturated carbocycles. The van der Waals surface area contributed by atoms with Crippen molar-refractivity contribution in [1.82, 2.24) is 19.5 Å². The van der Waals surface area contributed by atoms with Gasteiger partial charge in [0.15, 0.2) is 17.5 Å². The molecule has 0 aliphatic rings. The second-order valence-corrected chi connectivity index (χ2v) is 18.3. The van der Waals surface area contributed by atoms with E-state index in [-0.39, 0.29) is 0 Å². The second kappa shape index (κ2) is 18.9. The van der Waals surface area contributed by atoms with E-state index in [9.17, 15) is 0 Å². The first-order valence-electron chi connectivity index (χ1n) is 24.8. The summed E-state index contributed by atoms with van der Waals surface area (Å²) >= 11 is 0. The van der Waals surface area contributed by atoms with Crippen molar-refractivity contribution in [3.63, 3.8) is 0 Å². The van der Waals surface area contributed by atoms with Gasteiger partial charge in [0.25, 0.3) is 0 Å². The molecular formula is C69H46N4. The standard InChI is InChI=1S/C69H46N4/c1-9-25-47(26-10-1)56-43-62-63-44-57(48-27-11-2-12-28-48)59(50-31-15-4-16-32-50)46-65(63)73(64(62)45-58(56)49-29-13-3-14-30-49)66-60(51-33-17-5-18-34-51)41-55(42-61(66)52-35-19-6-20-36-52)69-71-67(53-37-21-7-22-38-53)70-68(72-69)54-39-23-8-24-40-54/h1-46H. The van der Waals surface area contributed by atoms with Gasteiger partial charge in [-0.25, -0.2) is 15.0 Å². The summed E-state index contributed by atoms with van der Waals surface area (Å²) in [4.78, 5) is 15.7. The first-order chi connectivity index (χ1) is 36.2. The van der Waals surface area contributed by atoms with Crippen molar-refractivity contribution in [2.45, 2.75) is 0 Å². The van der Waals surface area contributed by atoms with Crippen molar-refractivity contribution in [2.75, 3.05) is 0 Å². The molecule has 0 bridgehead atoms. The van der Waals surface area contributed by atoms with Crippen molar-refractivity contribution < 1.29 is 0 Å². The van der Waals surface area contributed by atoms with Gasteiger partial charge in [0.2, 0.25) is 0 Å². The number of aromatic nitrogens is 4. The molecule has 0 aliphatic carbocycles. The minimum absolute atomic E-state index is 0.591. The summed E-state index contributed by atoms with van der Waals surface area (Å²) in [6, 6.07) is 99.5. The van der Waals surface area contributed by atoms with Gasteiger partial charge in [-0.1, -0.05) is 243 Å². The smallest absolute Gasteiger partial charge is 0.164 e. The highest BCUT2D eigenvalue weighted by Gasteiger charge is 2.26. The molecule has 13 rings (SSSR count). The molecule has 4 heteroatoms. The topological polar surface area (TPSA) is 43.6 Å². The fourth-order valence-corrected chi connectivity index (χ4v) is 10.4. The third-order valence-electron chi connectivity index (χ3n) is 13.8. The lowest BCUT2D eigenvalue weighted by Gasteiger charge is -2.22. The largest absolute Gasteiger partial charge is 0.308 e. The maximum absolute atomic E-state index is 5.30. The summed E-state index contributed by atoms with van der Waals surface area (Å²) in [5.74, 6) is 1.82. The molecule has 0 amide bonds. The highest BCUT2D eigenvalue weighted by molar-refractivity contribution is 6.16. The van der Waals surface area contributed by atoms with E-state index in [1.54, 1.807) is 0 Å². The van der Waals surface area contributed by atoms with Gasteiger partial charge < -0.3 is 4.57 Å². The van der Waals surface area contributed by atoms with Crippen LogP contribution >= 0.6 is 0 Å². The fourth-order valence-electron chi connectivity index (χ4n) is 10.4. The van der Waals surface area contributed by atoms with Crippen LogP contribution in [0.5, 0.6) is 0 Å². The summed E-state index contributed by atoms with van der Waals surface area (Å²) in [7, 11) is 0. The third kappa shape index (κ3) is 8.17. The number of hydrogen-bond donors (Lipinski definition) is 0. The lowest BCUT2D eigenvalue weighted by Crippen LogP contribution is -2.04. The summed E-state index contributed by atoms with van der Waals surface area (Å²) in [6.45, 7) is 0. The molecule has 0 aliphatic heterocycles. The van der Waals surface area contributed by atoms with Gasteiger partial charge in [-0.2, -0.15) is 0 Å². The number of fused-ring (bicyclic) bond motifs is 3. The average Bonchev–Trinajstić information content (AvgIpc) is 3.79. The maximum Gasteiger partial charge on any atom is 0.164 e. The Bertz CT molecular complexity index is 3810. The van der Waals surface area contributed by atoms with E-state index in [1.165, 1.54) is 11.1 Å². The lowest BCUT2D eigenvalue weighted by molar-refractivity contribution is 1.07. The van der Waals surface area contributed by atoms with Gasteiger partial charge in [-0.3, -0.25) is 0 Å². The van der Waals surface area contributed by atoms with E-state index in [2.05, 4.69) is 247 Å². The maximum atomic E-state index is 5.30. The fraction of sp³-hybridized carbons (Fsp3) is 0. The van der Waals surface area contributed by atoms with E-state index in [0.717, 1.165) is 99.8 Å². The lowest BCUT2D eigenvalue weighted by atomic mass is 9.91. The monoisotopic (exact) mass is 930 g/mol. The van der Waals surface area contributed by atoms with Crippen molar-refractivity contribution >= 4 is 21.8 Å². The Labute approximate surface area is 424 Å². The SMILES string of the molecule is c1ccc(-c2nc(-c3ccccc3)nc(-c3cc(-c4ccccc4)c(-n4c5cc(-c6ccccc6)c(-c6ccccc6)cc5c5cc(-c6ccccc6)c(-c6ccccc6)cc54)c(-c4ccccc4)c3)n2)cc1. The van der Waals surface area contributed by atoms with Crippen LogP contribution in [-0.4, -0.2) is 19.5 Å². The Balaban J connectivity index is 1.20. The van der Waals surface area contributed by atoms with Crippen LogP contribution in [0.1, 0.15) is 0 Å². The number of hydrogen-bond acceptors (Lipinski definition) is 3. The molecule has 0 saturated heterocycles. The molecule has 2 aromatic heterocycles. The van der Waals surface area contributed by atoms with E-state index in [1.807, 2.05) is 36.4 Å². The minimum Gasteiger partial charge on any atom is -0.308 e. The van der Waals surface area contributed by atoms with E-state index < -0.39 is 0 Å². The Kier molecular flexibility index (Phi) is 11.2. The molecule has 13 aromatic rings. The van der Waals surface area contributed by atoms with Crippen LogP contribution in [0.25, 0.3) is 128 Å². The Morgan fingerprint density at radius 1 is 0.205 bits per heavy atom. The minimum atomic E-state index is 0.591. The number of rotatable bonds is 10. The van der Waals surface area contributed by atoms with Gasteiger partial charge in [0.1, 0.15) is 0 Å². The van der Waals surface area contributed by atoms with Gasteiger partial charge in [-0.05, 0) is 92.0 Å². The molecule has 0 unspecified atom stereocenters. The summed E-state index contributed by atoms with van der Waals surface area (Å²) < 4.78 is 2.54. The van der Waals surface area contributed by atoms with Crippen molar-refractivity contribution in [3.8, 4) is 107 Å². The van der Waals surface area contributed by atoms with Crippen LogP contribution in [0.15, 0.2) is 279 Å². The quantitative estimate of drug-likeness (QED) is 0.137. The predicted molar refractivity (Wildman–Crippen MR) is 303 cm³/mol. The zero-order chi connectivity index (χ0) is 48.5. The molecule has 0 atom stereocenters. The molecule has 0 fully saturated rings. The van der Waals surface area contributed by atoms with Crippen LogP contribution in [0, 0.1) is 0 Å². The number of nitrogens with zero attached hydrogens (tertiary/aromatic N) is 4. The van der Waals surface area contributed by atoms with E-state index in [0.29, 0.717) is 17.5 Å². The second-order valence-electron chi connectivity index (χ2n) is 18.3. The van der Waals surface area contributed by atoms with Gasteiger partial charge in [0.05, 0.1) is 16.7 Å². The van der Waals surface area contributed by atoms with Crippen LogP contribution in [0.4, 0.5) is 0 Å². The van der Waals surface area contributed by atoms with Crippen LogP contribution in [-0.2, 0) is 0 Å². The summed E-state index contributed by atoms with van der Waals surface area (Å²) in [5.41, 5.74) is 19.5. The molecule has 0 radical (unpaired) electrons. The third-order valence-corrected chi connectivity index (χ3v) is 13.8. The summed E-state index contributed by atoms with van der Waals surface area (Å²) in [6.07, 6.45) is 0. The van der Waals surface area contributed by atoms with Crippen molar-refractivity contribution in [3.05, 3.63) is 279 Å². The molecular weight excluding hydrogens is 885 g/mol. The van der Waals surface area contributed by atoms with Crippen molar-refractivity contribution in [2.24, 2.45) is 0 Å². The zero-order valence-corrected chi connectivity index (χ0v) is 39.8. The van der Waals surface area contributed by atoms with Crippen LogP contribution in [0.2, 0.25) is 0 Å². The van der Waals surface area contributed by atoms with Gasteiger partial charge >= 0.3 is 0 Å². The van der Waals surface area contributed by atoms with Crippen LogP contribution < -0.4 is 0 Å². The molecule has 0 spiro atoms.